The Kier molecular flexibility index (Phi) is 5.07. The summed E-state index contributed by atoms with van der Waals surface area (Å²) in [5.41, 5.74) is -0.721. The highest BCUT2D eigenvalue weighted by atomic mass is 31.0. The Morgan fingerprint density at radius 3 is 2.58 bits per heavy atom. The van der Waals surface area contributed by atoms with Crippen LogP contribution in [-0.4, -0.2) is 18.6 Å². The van der Waals surface area contributed by atoms with Crippen molar-refractivity contribution in [1.29, 1.82) is 0 Å². The van der Waals surface area contributed by atoms with E-state index in [0.29, 0.717) is 0 Å². The Hall–Kier alpha value is -0.430. The lowest BCUT2D eigenvalue weighted by molar-refractivity contribution is -0.146. The zero-order valence-corrected chi connectivity index (χ0v) is 8.89. The molecule has 0 aromatic heterocycles. The normalized spacial score (nSPS) is 14.9. The van der Waals surface area contributed by atoms with Crippen molar-refractivity contribution in [2.45, 2.75) is 38.6 Å². The maximum atomic E-state index is 11.2. The summed E-state index contributed by atoms with van der Waals surface area (Å²) in [5.74, 6) is -0.286. The molecule has 0 aliphatic heterocycles. The second kappa shape index (κ2) is 5.26. The van der Waals surface area contributed by atoms with E-state index in [1.54, 1.807) is 6.92 Å². The van der Waals surface area contributed by atoms with Crippen molar-refractivity contribution in [2.24, 2.45) is 4.74 Å². The molecule has 0 saturated carbocycles. The second-order valence-electron chi connectivity index (χ2n) is 2.98. The molecular weight excluding hydrogens is 173 g/mol. The molecule has 0 saturated heterocycles. The van der Waals surface area contributed by atoms with Crippen LogP contribution in [0.5, 0.6) is 0 Å². The van der Waals surface area contributed by atoms with Crippen molar-refractivity contribution in [1.82, 2.24) is 0 Å². The lowest BCUT2D eigenvalue weighted by Crippen LogP contribution is -2.33. The van der Waals surface area contributed by atoms with Crippen LogP contribution < -0.4 is 0 Å². The van der Waals surface area contributed by atoms with Gasteiger partial charge in [-0.05, 0) is 22.4 Å². The number of carbonyl (C=O) groups is 1. The number of esters is 1. The number of carbonyl (C=O) groups excluding carboxylic acids is 1. The molecule has 0 rings (SSSR count). The Morgan fingerprint density at radius 1 is 1.67 bits per heavy atom. The molecule has 0 bridgehead atoms. The third-order valence-electron chi connectivity index (χ3n) is 1.89. The highest BCUT2D eigenvalue weighted by molar-refractivity contribution is 7.04. The van der Waals surface area contributed by atoms with Gasteiger partial charge in [0.25, 0.3) is 0 Å². The summed E-state index contributed by atoms with van der Waals surface area (Å²) in [7, 11) is 4.40. The zero-order valence-electron chi connectivity index (χ0n) is 7.89. The molecule has 12 heavy (non-hydrogen) atoms. The SMILES string of the molecule is CCCCC(C)(N=P)C(=O)OC. The molecule has 0 aliphatic rings. The second-order valence-corrected chi connectivity index (χ2v) is 3.20. The van der Waals surface area contributed by atoms with E-state index < -0.39 is 5.54 Å². The molecule has 0 heterocycles. The molecule has 3 nitrogen and oxygen atoms in total. The summed E-state index contributed by atoms with van der Waals surface area (Å²) >= 11 is 0. The van der Waals surface area contributed by atoms with Crippen molar-refractivity contribution < 1.29 is 9.53 Å². The molecule has 4 heteroatoms. The van der Waals surface area contributed by atoms with Crippen LogP contribution in [0.25, 0.3) is 0 Å². The number of hydrogen-bond donors (Lipinski definition) is 0. The van der Waals surface area contributed by atoms with Gasteiger partial charge in [-0.1, -0.05) is 19.8 Å². The van der Waals surface area contributed by atoms with E-state index in [1.165, 1.54) is 7.11 Å². The molecule has 1 unspecified atom stereocenters. The number of methoxy groups -OCH3 is 1. The van der Waals surface area contributed by atoms with E-state index in [4.69, 9.17) is 0 Å². The van der Waals surface area contributed by atoms with E-state index in [9.17, 15) is 4.79 Å². The average molecular weight is 189 g/mol. The molecule has 0 aromatic carbocycles. The van der Waals surface area contributed by atoms with Crippen LogP contribution in [0.2, 0.25) is 0 Å². The topological polar surface area (TPSA) is 38.7 Å². The van der Waals surface area contributed by atoms with Gasteiger partial charge < -0.3 is 4.74 Å². The van der Waals surface area contributed by atoms with Crippen molar-refractivity contribution in [3.8, 4) is 0 Å². The van der Waals surface area contributed by atoms with Gasteiger partial charge in [-0.25, -0.2) is 4.79 Å². The van der Waals surface area contributed by atoms with Crippen LogP contribution in [0.3, 0.4) is 0 Å². The lowest BCUT2D eigenvalue weighted by Gasteiger charge is -2.20. The average Bonchev–Trinajstić information content (AvgIpc) is 2.12. The fourth-order valence-electron chi connectivity index (χ4n) is 0.944. The largest absolute Gasteiger partial charge is 0.467 e. The van der Waals surface area contributed by atoms with E-state index >= 15 is 0 Å². The molecule has 0 amide bonds. The van der Waals surface area contributed by atoms with E-state index in [-0.39, 0.29) is 5.97 Å². The molecule has 70 valence electrons. The Bertz CT molecular complexity index is 172. The monoisotopic (exact) mass is 189 g/mol. The van der Waals surface area contributed by atoms with E-state index in [2.05, 4.69) is 25.4 Å². The Labute approximate surface area is 75.8 Å². The third-order valence-corrected chi connectivity index (χ3v) is 2.38. The van der Waals surface area contributed by atoms with Crippen molar-refractivity contribution >= 4 is 15.0 Å². The summed E-state index contributed by atoms with van der Waals surface area (Å²) in [6, 6.07) is 0. The van der Waals surface area contributed by atoms with Gasteiger partial charge in [-0.2, -0.15) is 0 Å². The first-order valence-electron chi connectivity index (χ1n) is 4.07. The maximum Gasteiger partial charge on any atom is 0.333 e. The fraction of sp³-hybridized carbons (Fsp3) is 0.875. The smallest absolute Gasteiger partial charge is 0.333 e. The van der Waals surface area contributed by atoms with Crippen LogP contribution >= 0.6 is 9.03 Å². The number of hydrogen-bond acceptors (Lipinski definition) is 3. The predicted molar refractivity (Wildman–Crippen MR) is 50.7 cm³/mol. The van der Waals surface area contributed by atoms with Gasteiger partial charge >= 0.3 is 5.97 Å². The third kappa shape index (κ3) is 2.90. The lowest BCUT2D eigenvalue weighted by atomic mass is 9.97. The van der Waals surface area contributed by atoms with Gasteiger partial charge in [-0.3, -0.25) is 4.74 Å². The minimum absolute atomic E-state index is 0.286. The fourth-order valence-corrected chi connectivity index (χ4v) is 1.15. The highest BCUT2D eigenvalue weighted by Gasteiger charge is 2.32. The highest BCUT2D eigenvalue weighted by Crippen LogP contribution is 2.21. The quantitative estimate of drug-likeness (QED) is 0.492. The number of ether oxygens (including phenoxy) is 1. The molecular formula is C8H16NO2P. The van der Waals surface area contributed by atoms with Gasteiger partial charge in [0.15, 0.2) is 5.54 Å². The molecule has 0 aliphatic carbocycles. The molecule has 0 radical (unpaired) electrons. The molecule has 1 atom stereocenters. The summed E-state index contributed by atoms with van der Waals surface area (Å²) in [6.45, 7) is 3.84. The number of rotatable bonds is 5. The molecule has 0 spiro atoms. The first-order chi connectivity index (χ1) is 5.60. The maximum absolute atomic E-state index is 11.2. The first-order valence-corrected chi connectivity index (χ1v) is 4.52. The van der Waals surface area contributed by atoms with Gasteiger partial charge in [0, 0.05) is 0 Å². The number of unbranched alkanes of at least 4 members (excludes halogenated alkanes) is 1. The van der Waals surface area contributed by atoms with Gasteiger partial charge in [-0.15, -0.1) is 0 Å². The minimum Gasteiger partial charge on any atom is -0.467 e. The van der Waals surface area contributed by atoms with Crippen LogP contribution in [0, 0.1) is 0 Å². The van der Waals surface area contributed by atoms with Gasteiger partial charge in [0.05, 0.1) is 7.11 Å². The molecule has 0 N–H and O–H groups in total. The number of nitrogens with zero attached hydrogens (tertiary/aromatic N) is 1. The minimum atomic E-state index is -0.721. The van der Waals surface area contributed by atoms with E-state index in [1.807, 2.05) is 0 Å². The van der Waals surface area contributed by atoms with Crippen LogP contribution in [0.1, 0.15) is 33.1 Å². The Morgan fingerprint density at radius 2 is 2.25 bits per heavy atom. The summed E-state index contributed by atoms with van der Waals surface area (Å²) < 4.78 is 8.50. The first kappa shape index (κ1) is 11.6. The van der Waals surface area contributed by atoms with Crippen molar-refractivity contribution in [3.63, 3.8) is 0 Å². The van der Waals surface area contributed by atoms with Crippen molar-refractivity contribution in [3.05, 3.63) is 0 Å². The van der Waals surface area contributed by atoms with Gasteiger partial charge in [0.2, 0.25) is 0 Å². The van der Waals surface area contributed by atoms with Crippen LogP contribution in [0.15, 0.2) is 4.74 Å². The Balaban J connectivity index is 4.23. The van der Waals surface area contributed by atoms with Gasteiger partial charge in [0.1, 0.15) is 0 Å². The zero-order chi connectivity index (χ0) is 9.61. The molecule has 0 aromatic rings. The standard InChI is InChI=1S/C8H16NO2P/c1-4-5-6-8(2,9-12)7(10)11-3/h12H,4-6H2,1-3H3. The van der Waals surface area contributed by atoms with Crippen molar-refractivity contribution in [2.75, 3.05) is 7.11 Å². The van der Waals surface area contributed by atoms with Crippen LogP contribution in [0.4, 0.5) is 0 Å². The summed E-state index contributed by atoms with van der Waals surface area (Å²) in [5, 5.41) is 0. The molecule has 0 fully saturated rings. The summed E-state index contributed by atoms with van der Waals surface area (Å²) in [6.07, 6.45) is 2.74. The van der Waals surface area contributed by atoms with Crippen LogP contribution in [-0.2, 0) is 9.53 Å². The predicted octanol–water partition coefficient (Wildman–Crippen LogP) is 2.43. The van der Waals surface area contributed by atoms with E-state index in [0.717, 1.165) is 19.3 Å². The summed E-state index contributed by atoms with van der Waals surface area (Å²) in [4.78, 5) is 11.2.